The van der Waals surface area contributed by atoms with E-state index in [-0.39, 0.29) is 5.92 Å². The Morgan fingerprint density at radius 2 is 1.71 bits per heavy atom. The Balaban J connectivity index is 1.73. The second kappa shape index (κ2) is 8.42. The average Bonchev–Trinajstić information content (AvgIpc) is 2.89. The van der Waals surface area contributed by atoms with E-state index in [1.165, 1.54) is 10.5 Å². The highest BCUT2D eigenvalue weighted by molar-refractivity contribution is 7.98. The lowest BCUT2D eigenvalue weighted by Crippen LogP contribution is -2.39. The summed E-state index contributed by atoms with van der Waals surface area (Å²) in [4.78, 5) is 1.85. The summed E-state index contributed by atoms with van der Waals surface area (Å²) < 4.78 is 16.0. The van der Waals surface area contributed by atoms with Gasteiger partial charge in [-0.05, 0) is 41.8 Å². The average molecular weight is 405 g/mol. The van der Waals surface area contributed by atoms with Crippen LogP contribution < -0.4 is 4.72 Å². The number of fused-ring (bicyclic) bond motifs is 2. The monoisotopic (exact) mass is 404 g/mol. The largest absolute Gasteiger partial charge is 0.593 e. The van der Waals surface area contributed by atoms with Gasteiger partial charge in [-0.25, -0.2) is 0 Å². The third kappa shape index (κ3) is 3.82. The van der Waals surface area contributed by atoms with E-state index >= 15 is 0 Å². The third-order valence-corrected chi connectivity index (χ3v) is 7.28. The minimum Gasteiger partial charge on any atom is -0.593 e. The number of rotatable bonds is 4. The molecule has 0 aromatic heterocycles. The standard InChI is InChI=1S/C23H20N2OS2/c1-16-10-12-18(13-11-16)28(26)25-21(14-24)23-19-7-3-2-6-17(19)15-27-22-9-5-4-8-20(22)23/h2-13,21,23,25H,15H2,1H3/t21-,23?,28+/m1/s1. The molecule has 0 saturated carbocycles. The quantitative estimate of drug-likeness (QED) is 0.626. The molecule has 1 aliphatic heterocycles. The van der Waals surface area contributed by atoms with Gasteiger partial charge in [-0.2, -0.15) is 5.26 Å². The predicted molar refractivity (Wildman–Crippen MR) is 114 cm³/mol. The van der Waals surface area contributed by atoms with Crippen molar-refractivity contribution in [1.29, 1.82) is 5.26 Å². The van der Waals surface area contributed by atoms with Gasteiger partial charge in [0, 0.05) is 16.6 Å². The van der Waals surface area contributed by atoms with Gasteiger partial charge in [-0.1, -0.05) is 60.2 Å². The van der Waals surface area contributed by atoms with Gasteiger partial charge in [0.25, 0.3) is 0 Å². The summed E-state index contributed by atoms with van der Waals surface area (Å²) in [5, 5.41) is 10.0. The van der Waals surface area contributed by atoms with Crippen molar-refractivity contribution in [1.82, 2.24) is 4.72 Å². The molecule has 28 heavy (non-hydrogen) atoms. The van der Waals surface area contributed by atoms with Crippen molar-refractivity contribution >= 4 is 23.1 Å². The summed E-state index contributed by atoms with van der Waals surface area (Å²) in [7, 11) is 0. The number of benzene rings is 3. The molecule has 1 unspecified atom stereocenters. The zero-order chi connectivity index (χ0) is 19.5. The van der Waals surface area contributed by atoms with Crippen LogP contribution in [0.25, 0.3) is 0 Å². The van der Waals surface area contributed by atoms with Crippen molar-refractivity contribution in [3.05, 3.63) is 95.1 Å². The summed E-state index contributed by atoms with van der Waals surface area (Å²) in [6, 6.07) is 25.8. The van der Waals surface area contributed by atoms with Crippen LogP contribution in [0, 0.1) is 18.3 Å². The smallest absolute Gasteiger partial charge is 0.173 e. The fourth-order valence-electron chi connectivity index (χ4n) is 3.53. The minimum absolute atomic E-state index is 0.179. The molecule has 1 aliphatic rings. The lowest BCUT2D eigenvalue weighted by atomic mass is 9.84. The lowest BCUT2D eigenvalue weighted by Gasteiger charge is -2.25. The summed E-state index contributed by atoms with van der Waals surface area (Å²) in [5.41, 5.74) is 4.57. The second-order valence-corrected chi connectivity index (χ2v) is 9.07. The summed E-state index contributed by atoms with van der Waals surface area (Å²) >= 11 is 0.326. The fraction of sp³-hybridized carbons (Fsp3) is 0.174. The number of nitrogens with one attached hydrogen (secondary N) is 1. The minimum atomic E-state index is -1.46. The number of aryl methyl sites for hydroxylation is 1. The molecular weight excluding hydrogens is 384 g/mol. The van der Waals surface area contributed by atoms with Crippen LogP contribution in [0.15, 0.2) is 82.6 Å². The van der Waals surface area contributed by atoms with Gasteiger partial charge in [-0.3, -0.25) is 0 Å². The van der Waals surface area contributed by atoms with E-state index in [4.69, 9.17) is 0 Å². The highest BCUT2D eigenvalue weighted by Gasteiger charge is 2.34. The second-order valence-electron chi connectivity index (χ2n) is 6.81. The molecule has 0 saturated heterocycles. The molecule has 3 aromatic carbocycles. The first-order valence-electron chi connectivity index (χ1n) is 9.11. The SMILES string of the molecule is Cc1ccc([S@+]([O-])N[C@H](C#N)C2c3ccccc3CSc3ccccc32)cc1. The molecule has 0 fully saturated rings. The van der Waals surface area contributed by atoms with Gasteiger partial charge in [0.15, 0.2) is 10.9 Å². The molecule has 0 bridgehead atoms. The molecule has 3 atom stereocenters. The molecule has 0 amide bonds. The summed E-state index contributed by atoms with van der Waals surface area (Å²) in [5.74, 6) is 0.685. The van der Waals surface area contributed by atoms with Crippen LogP contribution in [0.3, 0.4) is 0 Å². The number of nitrogens with zero attached hydrogens (tertiary/aromatic N) is 1. The van der Waals surface area contributed by atoms with E-state index in [2.05, 4.69) is 35.1 Å². The number of thioether (sulfide) groups is 1. The molecular formula is C23H20N2OS2. The molecule has 1 N–H and O–H groups in total. The summed E-state index contributed by atoms with van der Waals surface area (Å²) in [6.45, 7) is 2.00. The Kier molecular flexibility index (Phi) is 5.74. The van der Waals surface area contributed by atoms with Crippen LogP contribution in [-0.4, -0.2) is 10.6 Å². The van der Waals surface area contributed by atoms with Crippen molar-refractivity contribution in [3.63, 3.8) is 0 Å². The topological polar surface area (TPSA) is 58.9 Å². The molecule has 3 nitrogen and oxygen atoms in total. The van der Waals surface area contributed by atoms with Crippen molar-refractivity contribution in [2.24, 2.45) is 0 Å². The Morgan fingerprint density at radius 1 is 1.04 bits per heavy atom. The molecule has 4 rings (SSSR count). The van der Waals surface area contributed by atoms with E-state index in [0.717, 1.165) is 22.4 Å². The van der Waals surface area contributed by atoms with Gasteiger partial charge in [0.2, 0.25) is 0 Å². The molecule has 0 spiro atoms. The van der Waals surface area contributed by atoms with Gasteiger partial charge < -0.3 is 4.55 Å². The van der Waals surface area contributed by atoms with Crippen LogP contribution in [0.2, 0.25) is 0 Å². The molecule has 5 heteroatoms. The first kappa shape index (κ1) is 19.1. The molecule has 140 valence electrons. The van der Waals surface area contributed by atoms with E-state index in [9.17, 15) is 9.81 Å². The highest BCUT2D eigenvalue weighted by atomic mass is 32.2. The normalized spacial score (nSPS) is 17.5. The maximum Gasteiger partial charge on any atom is 0.173 e. The van der Waals surface area contributed by atoms with Crippen molar-refractivity contribution < 1.29 is 4.55 Å². The first-order valence-corrected chi connectivity index (χ1v) is 11.2. The molecule has 0 aliphatic carbocycles. The highest BCUT2D eigenvalue weighted by Crippen LogP contribution is 2.42. The van der Waals surface area contributed by atoms with Crippen LogP contribution in [0.1, 0.15) is 28.2 Å². The van der Waals surface area contributed by atoms with Gasteiger partial charge in [0.05, 0.1) is 17.4 Å². The van der Waals surface area contributed by atoms with Crippen LogP contribution in [0.5, 0.6) is 0 Å². The predicted octanol–water partition coefficient (Wildman–Crippen LogP) is 4.94. The van der Waals surface area contributed by atoms with Crippen LogP contribution in [0.4, 0.5) is 0 Å². The number of hydrogen-bond donors (Lipinski definition) is 1. The molecule has 1 heterocycles. The van der Waals surface area contributed by atoms with Gasteiger partial charge in [-0.15, -0.1) is 16.5 Å². The molecule has 0 radical (unpaired) electrons. The van der Waals surface area contributed by atoms with Crippen LogP contribution >= 0.6 is 11.8 Å². The molecule has 3 aromatic rings. The third-order valence-electron chi connectivity index (χ3n) is 4.97. The Bertz CT molecular complexity index is 966. The summed E-state index contributed by atoms with van der Waals surface area (Å²) in [6.07, 6.45) is 0. The maximum absolute atomic E-state index is 12.9. The number of nitriles is 1. The zero-order valence-electron chi connectivity index (χ0n) is 15.5. The first-order chi connectivity index (χ1) is 13.7. The maximum atomic E-state index is 12.9. The van der Waals surface area contributed by atoms with E-state index in [1.807, 2.05) is 55.5 Å². The van der Waals surface area contributed by atoms with Crippen molar-refractivity contribution in [2.75, 3.05) is 0 Å². The van der Waals surface area contributed by atoms with Crippen LogP contribution in [-0.2, 0) is 17.1 Å². The van der Waals surface area contributed by atoms with Gasteiger partial charge in [0.1, 0.15) is 0 Å². The van der Waals surface area contributed by atoms with E-state index in [0.29, 0.717) is 4.90 Å². The Hall–Kier alpha value is -2.23. The Morgan fingerprint density at radius 3 is 2.46 bits per heavy atom. The Labute approximate surface area is 173 Å². The fourth-order valence-corrected chi connectivity index (χ4v) is 5.58. The van der Waals surface area contributed by atoms with Gasteiger partial charge >= 0.3 is 0 Å². The van der Waals surface area contributed by atoms with E-state index in [1.54, 1.807) is 11.8 Å². The van der Waals surface area contributed by atoms with E-state index < -0.39 is 17.4 Å². The van der Waals surface area contributed by atoms with Crippen molar-refractivity contribution in [3.8, 4) is 6.07 Å². The number of hydrogen-bond acceptors (Lipinski definition) is 4. The lowest BCUT2D eigenvalue weighted by molar-refractivity contribution is 0.558. The zero-order valence-corrected chi connectivity index (χ0v) is 17.1. The van der Waals surface area contributed by atoms with Crippen molar-refractivity contribution in [2.45, 2.75) is 34.4 Å².